The summed E-state index contributed by atoms with van der Waals surface area (Å²) in [5, 5.41) is 0. The van der Waals surface area contributed by atoms with Crippen molar-refractivity contribution < 1.29 is 0 Å². The van der Waals surface area contributed by atoms with Crippen LogP contribution in [0.3, 0.4) is 0 Å². The lowest BCUT2D eigenvalue weighted by atomic mass is 9.56. The highest BCUT2D eigenvalue weighted by atomic mass is 14.5. The molecule has 2 aliphatic rings. The minimum Gasteiger partial charge on any atom is -0.0654 e. The van der Waals surface area contributed by atoms with Crippen LogP contribution in [0.25, 0.3) is 0 Å². The molecular formula is C30H60. The minimum absolute atomic E-state index is 0.567. The molecule has 2 unspecified atom stereocenters. The van der Waals surface area contributed by atoms with Gasteiger partial charge in [-0.15, -0.1) is 0 Å². The molecule has 0 aromatic heterocycles. The molecule has 0 nitrogen and oxygen atoms in total. The third-order valence-electron chi connectivity index (χ3n) is 10.1. The summed E-state index contributed by atoms with van der Waals surface area (Å²) in [5.41, 5.74) is 2.03. The van der Waals surface area contributed by atoms with Gasteiger partial charge in [-0.25, -0.2) is 0 Å². The summed E-state index contributed by atoms with van der Waals surface area (Å²) in [6.45, 7) is 19.1. The first-order valence-electron chi connectivity index (χ1n) is 14.2. The van der Waals surface area contributed by atoms with Crippen molar-refractivity contribution >= 4 is 0 Å². The molecule has 180 valence electrons. The van der Waals surface area contributed by atoms with Gasteiger partial charge in [-0.2, -0.15) is 0 Å². The Labute approximate surface area is 192 Å². The fourth-order valence-electron chi connectivity index (χ4n) is 6.47. The average molecular weight is 421 g/mol. The summed E-state index contributed by atoms with van der Waals surface area (Å²) in [4.78, 5) is 0. The molecule has 0 saturated heterocycles. The molecule has 1 spiro atoms. The smallest absolute Gasteiger partial charge is 0.0297 e. The fourth-order valence-corrected chi connectivity index (χ4v) is 6.47. The van der Waals surface area contributed by atoms with E-state index in [1.165, 1.54) is 83.5 Å². The SMILES string of the molecule is CCCC.CCCC1(CCCC(C)(CC)C(C)CC)CCC2(CCC(C)CC2)CC1. The third kappa shape index (κ3) is 8.16. The fraction of sp³-hybridized carbons (Fsp3) is 1.00. The van der Waals surface area contributed by atoms with Gasteiger partial charge in [0, 0.05) is 0 Å². The number of hydrogen-bond donors (Lipinski definition) is 0. The van der Waals surface area contributed by atoms with Gasteiger partial charge in [0.2, 0.25) is 0 Å². The van der Waals surface area contributed by atoms with E-state index in [-0.39, 0.29) is 0 Å². The quantitative estimate of drug-likeness (QED) is 0.329. The summed E-state index contributed by atoms with van der Waals surface area (Å²) < 4.78 is 0. The van der Waals surface area contributed by atoms with Crippen molar-refractivity contribution in [3.63, 3.8) is 0 Å². The van der Waals surface area contributed by atoms with Crippen molar-refractivity contribution in [2.24, 2.45) is 28.1 Å². The average Bonchev–Trinajstić information content (AvgIpc) is 2.77. The molecule has 30 heavy (non-hydrogen) atoms. The second-order valence-electron chi connectivity index (χ2n) is 12.1. The second-order valence-corrected chi connectivity index (χ2v) is 12.1. The van der Waals surface area contributed by atoms with E-state index in [4.69, 9.17) is 0 Å². The maximum Gasteiger partial charge on any atom is -0.0297 e. The van der Waals surface area contributed by atoms with Crippen LogP contribution in [0.2, 0.25) is 0 Å². The molecule has 0 heterocycles. The van der Waals surface area contributed by atoms with Crippen molar-refractivity contribution in [3.05, 3.63) is 0 Å². The highest BCUT2D eigenvalue weighted by Crippen LogP contribution is 2.56. The topological polar surface area (TPSA) is 0 Å². The Kier molecular flexibility index (Phi) is 12.6. The predicted molar refractivity (Wildman–Crippen MR) is 138 cm³/mol. The first-order valence-corrected chi connectivity index (χ1v) is 14.2. The van der Waals surface area contributed by atoms with Crippen molar-refractivity contribution in [3.8, 4) is 0 Å². The van der Waals surface area contributed by atoms with Crippen LogP contribution >= 0.6 is 0 Å². The molecule has 0 aliphatic heterocycles. The lowest BCUT2D eigenvalue weighted by molar-refractivity contribution is 0.0209. The van der Waals surface area contributed by atoms with Gasteiger partial charge >= 0.3 is 0 Å². The van der Waals surface area contributed by atoms with E-state index in [0.29, 0.717) is 10.8 Å². The molecule has 2 atom stereocenters. The molecule has 0 N–H and O–H groups in total. The van der Waals surface area contributed by atoms with Crippen molar-refractivity contribution in [2.75, 3.05) is 0 Å². The molecule has 0 amide bonds. The van der Waals surface area contributed by atoms with Gasteiger partial charge in [-0.05, 0) is 85.9 Å². The van der Waals surface area contributed by atoms with E-state index in [9.17, 15) is 0 Å². The first kappa shape index (κ1) is 28.0. The number of unbranched alkanes of at least 4 members (excludes halogenated alkanes) is 1. The van der Waals surface area contributed by atoms with Crippen LogP contribution in [0.1, 0.15) is 165 Å². The molecule has 0 aromatic rings. The molecule has 2 rings (SSSR count). The van der Waals surface area contributed by atoms with Gasteiger partial charge in [0.15, 0.2) is 0 Å². The Morgan fingerprint density at radius 2 is 1.37 bits per heavy atom. The molecule has 0 radical (unpaired) electrons. The first-order chi connectivity index (χ1) is 14.2. The van der Waals surface area contributed by atoms with Gasteiger partial charge in [0.25, 0.3) is 0 Å². The Hall–Kier alpha value is 0. The monoisotopic (exact) mass is 420 g/mol. The van der Waals surface area contributed by atoms with E-state index in [0.717, 1.165) is 17.3 Å². The van der Waals surface area contributed by atoms with E-state index < -0.39 is 0 Å². The summed E-state index contributed by atoms with van der Waals surface area (Å²) in [6, 6.07) is 0. The highest BCUT2D eigenvalue weighted by molar-refractivity contribution is 4.95. The minimum atomic E-state index is 0.567. The zero-order valence-corrected chi connectivity index (χ0v) is 22.7. The number of rotatable bonds is 10. The van der Waals surface area contributed by atoms with Gasteiger partial charge in [-0.1, -0.05) is 107 Å². The normalized spacial score (nSPS) is 32.2. The molecule has 2 fully saturated rings. The zero-order chi connectivity index (χ0) is 22.7. The maximum absolute atomic E-state index is 2.56. The lowest BCUT2D eigenvalue weighted by Gasteiger charge is -2.50. The van der Waals surface area contributed by atoms with Gasteiger partial charge in [-0.3, -0.25) is 0 Å². The summed E-state index contributed by atoms with van der Waals surface area (Å²) in [5.74, 6) is 1.86. The summed E-state index contributed by atoms with van der Waals surface area (Å²) in [6.07, 6.45) is 24.9. The van der Waals surface area contributed by atoms with Gasteiger partial charge in [0.05, 0.1) is 0 Å². The molecule has 2 aliphatic carbocycles. The standard InChI is InChI=1S/C26H50.C4H10/c1-7-13-25(15-10-14-24(6,9-3)23(5)8-2)18-20-26(21-19-25)16-11-22(4)12-17-26;1-3-4-2/h22-23H,7-21H2,1-6H3;3-4H2,1-2H3. The highest BCUT2D eigenvalue weighted by Gasteiger charge is 2.43. The zero-order valence-electron chi connectivity index (χ0n) is 22.7. The number of hydrogen-bond acceptors (Lipinski definition) is 0. The van der Waals surface area contributed by atoms with Crippen molar-refractivity contribution in [2.45, 2.75) is 165 Å². The van der Waals surface area contributed by atoms with E-state index in [1.807, 2.05) is 0 Å². The lowest BCUT2D eigenvalue weighted by Crippen LogP contribution is -2.37. The third-order valence-corrected chi connectivity index (χ3v) is 10.1. The summed E-state index contributed by atoms with van der Waals surface area (Å²) in [7, 11) is 0. The van der Waals surface area contributed by atoms with Crippen LogP contribution in [-0.2, 0) is 0 Å². The van der Waals surface area contributed by atoms with Crippen molar-refractivity contribution in [1.29, 1.82) is 0 Å². The second kappa shape index (κ2) is 13.5. The Morgan fingerprint density at radius 3 is 1.80 bits per heavy atom. The van der Waals surface area contributed by atoms with Crippen LogP contribution in [-0.4, -0.2) is 0 Å². The van der Waals surface area contributed by atoms with Crippen LogP contribution in [0.5, 0.6) is 0 Å². The summed E-state index contributed by atoms with van der Waals surface area (Å²) >= 11 is 0. The van der Waals surface area contributed by atoms with Crippen molar-refractivity contribution in [1.82, 2.24) is 0 Å². The van der Waals surface area contributed by atoms with Crippen LogP contribution in [0.4, 0.5) is 0 Å². The molecular weight excluding hydrogens is 360 g/mol. The Balaban J connectivity index is 0.00000103. The van der Waals surface area contributed by atoms with E-state index >= 15 is 0 Å². The van der Waals surface area contributed by atoms with Gasteiger partial charge in [0.1, 0.15) is 0 Å². The Bertz CT molecular complexity index is 415. The molecule has 2 saturated carbocycles. The molecule has 0 bridgehead atoms. The van der Waals surface area contributed by atoms with Crippen LogP contribution in [0, 0.1) is 28.1 Å². The molecule has 0 aromatic carbocycles. The largest absolute Gasteiger partial charge is 0.0654 e. The van der Waals surface area contributed by atoms with Gasteiger partial charge < -0.3 is 0 Å². The Morgan fingerprint density at radius 1 is 0.800 bits per heavy atom. The van der Waals surface area contributed by atoms with Crippen LogP contribution < -0.4 is 0 Å². The van der Waals surface area contributed by atoms with E-state index in [2.05, 4.69) is 55.4 Å². The predicted octanol–water partition coefficient (Wildman–Crippen LogP) is 11.0. The molecule has 0 heteroatoms. The van der Waals surface area contributed by atoms with E-state index in [1.54, 1.807) is 25.7 Å². The van der Waals surface area contributed by atoms with Crippen LogP contribution in [0.15, 0.2) is 0 Å². The maximum atomic E-state index is 2.56.